The van der Waals surface area contributed by atoms with Gasteiger partial charge in [-0.1, -0.05) is 23.2 Å². The van der Waals surface area contributed by atoms with E-state index in [1.54, 1.807) is 0 Å². The summed E-state index contributed by atoms with van der Waals surface area (Å²) in [5, 5.41) is 16.8. The Kier molecular flexibility index (Phi) is 2.31. The average molecular weight is 231 g/mol. The third-order valence-electron chi connectivity index (χ3n) is 1.62. The summed E-state index contributed by atoms with van der Waals surface area (Å²) in [5.41, 5.74) is 0.565. The van der Waals surface area contributed by atoms with Crippen LogP contribution in [0.1, 0.15) is 0 Å². The summed E-state index contributed by atoms with van der Waals surface area (Å²) < 4.78 is 4.95. The van der Waals surface area contributed by atoms with Gasteiger partial charge in [-0.15, -0.1) is 10.2 Å². The van der Waals surface area contributed by atoms with Crippen molar-refractivity contribution in [1.82, 2.24) is 10.2 Å². The molecule has 0 bridgehead atoms. The van der Waals surface area contributed by atoms with E-state index in [0.717, 1.165) is 0 Å². The van der Waals surface area contributed by atoms with Crippen molar-refractivity contribution in [1.29, 1.82) is 0 Å². The average Bonchev–Trinajstić information content (AvgIpc) is 2.66. The fraction of sp³-hybridized carbons (Fsp3) is 0. The van der Waals surface area contributed by atoms with Crippen molar-refractivity contribution >= 4 is 23.2 Å². The maximum absolute atomic E-state index is 9.30. The van der Waals surface area contributed by atoms with Crippen molar-refractivity contribution in [2.75, 3.05) is 0 Å². The molecule has 0 radical (unpaired) electrons. The molecule has 2 aromatic rings. The Balaban J connectivity index is 2.57. The summed E-state index contributed by atoms with van der Waals surface area (Å²) in [6.45, 7) is 0. The molecule has 14 heavy (non-hydrogen) atoms. The fourth-order valence-electron chi connectivity index (χ4n) is 0.988. The van der Waals surface area contributed by atoms with Gasteiger partial charge in [0.2, 0.25) is 12.3 Å². The van der Waals surface area contributed by atoms with E-state index in [1.165, 1.54) is 18.5 Å². The second kappa shape index (κ2) is 3.48. The van der Waals surface area contributed by atoms with Gasteiger partial charge in [-0.2, -0.15) is 0 Å². The predicted octanol–water partition coefficient (Wildman–Crippen LogP) is 2.75. The molecular formula is C8H4Cl2N2O2. The highest BCUT2D eigenvalue weighted by atomic mass is 35.5. The highest BCUT2D eigenvalue weighted by Gasteiger charge is 2.10. The molecule has 0 spiro atoms. The molecule has 0 aliphatic carbocycles. The van der Waals surface area contributed by atoms with E-state index in [-0.39, 0.29) is 15.8 Å². The van der Waals surface area contributed by atoms with Crippen LogP contribution in [0.3, 0.4) is 0 Å². The smallest absolute Gasteiger partial charge is 0.247 e. The summed E-state index contributed by atoms with van der Waals surface area (Å²) in [6, 6.07) is 2.99. The number of rotatable bonds is 1. The highest BCUT2D eigenvalue weighted by molar-refractivity contribution is 6.37. The zero-order valence-electron chi connectivity index (χ0n) is 6.74. The van der Waals surface area contributed by atoms with E-state index in [2.05, 4.69) is 10.2 Å². The molecule has 0 aliphatic heterocycles. The first-order valence-electron chi connectivity index (χ1n) is 3.63. The van der Waals surface area contributed by atoms with Crippen LogP contribution >= 0.6 is 23.2 Å². The number of benzene rings is 1. The molecule has 2 rings (SSSR count). The van der Waals surface area contributed by atoms with E-state index in [9.17, 15) is 5.11 Å². The number of hydrogen-bond acceptors (Lipinski definition) is 4. The maximum atomic E-state index is 9.30. The minimum absolute atomic E-state index is 0.144. The number of phenols is 1. The topological polar surface area (TPSA) is 59.2 Å². The molecule has 0 saturated carbocycles. The Morgan fingerprint density at radius 3 is 2.36 bits per heavy atom. The lowest BCUT2D eigenvalue weighted by molar-refractivity contribution is 0.476. The second-order valence-electron chi connectivity index (χ2n) is 2.53. The summed E-state index contributed by atoms with van der Waals surface area (Å²) in [4.78, 5) is 0. The molecule has 6 heteroatoms. The third kappa shape index (κ3) is 1.54. The zero-order valence-corrected chi connectivity index (χ0v) is 8.25. The number of halogens is 2. The number of aromatic hydroxyl groups is 1. The molecule has 1 N–H and O–H groups in total. The largest absolute Gasteiger partial charge is 0.505 e. The first-order chi connectivity index (χ1) is 6.68. The lowest BCUT2D eigenvalue weighted by atomic mass is 10.2. The second-order valence-corrected chi connectivity index (χ2v) is 3.35. The molecule has 1 heterocycles. The predicted molar refractivity (Wildman–Crippen MR) is 51.4 cm³/mol. The molecule has 0 aliphatic rings. The minimum Gasteiger partial charge on any atom is -0.505 e. The summed E-state index contributed by atoms with van der Waals surface area (Å²) in [7, 11) is 0. The summed E-state index contributed by atoms with van der Waals surface area (Å²) >= 11 is 11.4. The number of hydrogen-bond donors (Lipinski definition) is 1. The van der Waals surface area contributed by atoms with Crippen LogP contribution in [0.4, 0.5) is 0 Å². The van der Waals surface area contributed by atoms with Crippen LogP contribution in [0.2, 0.25) is 10.0 Å². The number of phenolic OH excluding ortho intramolecular Hbond substituents is 1. The van der Waals surface area contributed by atoms with Crippen LogP contribution in [0.15, 0.2) is 22.9 Å². The molecule has 72 valence electrons. The van der Waals surface area contributed by atoms with Gasteiger partial charge >= 0.3 is 0 Å². The van der Waals surface area contributed by atoms with Gasteiger partial charge in [0.15, 0.2) is 5.75 Å². The summed E-state index contributed by atoms with van der Waals surface area (Å²) in [6.07, 6.45) is 1.20. The molecule has 0 atom stereocenters. The van der Waals surface area contributed by atoms with Gasteiger partial charge in [-0.3, -0.25) is 0 Å². The molecule has 1 aromatic carbocycles. The third-order valence-corrected chi connectivity index (χ3v) is 2.20. The van der Waals surface area contributed by atoms with E-state index in [0.29, 0.717) is 11.5 Å². The highest BCUT2D eigenvalue weighted by Crippen LogP contribution is 2.35. The maximum Gasteiger partial charge on any atom is 0.247 e. The molecule has 0 unspecified atom stereocenters. The zero-order chi connectivity index (χ0) is 10.1. The van der Waals surface area contributed by atoms with Crippen LogP contribution < -0.4 is 0 Å². The van der Waals surface area contributed by atoms with Gasteiger partial charge < -0.3 is 9.52 Å². The van der Waals surface area contributed by atoms with Crippen molar-refractivity contribution < 1.29 is 9.52 Å². The molecular weight excluding hydrogens is 227 g/mol. The van der Waals surface area contributed by atoms with Crippen molar-refractivity contribution in [3.05, 3.63) is 28.6 Å². The van der Waals surface area contributed by atoms with E-state index in [4.69, 9.17) is 27.6 Å². The number of nitrogens with zero attached hydrogens (tertiary/aromatic N) is 2. The van der Waals surface area contributed by atoms with Gasteiger partial charge in [-0.25, -0.2) is 0 Å². The van der Waals surface area contributed by atoms with Gasteiger partial charge in [0, 0.05) is 5.56 Å². The monoisotopic (exact) mass is 230 g/mol. The Hall–Kier alpha value is -1.26. The van der Waals surface area contributed by atoms with E-state index in [1.807, 2.05) is 0 Å². The van der Waals surface area contributed by atoms with Gasteiger partial charge in [0.1, 0.15) is 0 Å². The van der Waals surface area contributed by atoms with Crippen molar-refractivity contribution in [3.8, 4) is 17.2 Å². The lowest BCUT2D eigenvalue weighted by Gasteiger charge is -2.01. The number of aromatic nitrogens is 2. The minimum atomic E-state index is -0.156. The Morgan fingerprint density at radius 1 is 1.21 bits per heavy atom. The summed E-state index contributed by atoms with van der Waals surface area (Å²) in [5.74, 6) is 0.144. The first kappa shape index (κ1) is 9.30. The molecule has 1 aromatic heterocycles. The SMILES string of the molecule is Oc1c(Cl)cc(-c2nnco2)cc1Cl. The van der Waals surface area contributed by atoms with Gasteiger partial charge in [-0.05, 0) is 12.1 Å². The van der Waals surface area contributed by atoms with Crippen molar-refractivity contribution in [2.24, 2.45) is 0 Å². The molecule has 4 nitrogen and oxygen atoms in total. The van der Waals surface area contributed by atoms with Crippen LogP contribution in [0.5, 0.6) is 5.75 Å². The van der Waals surface area contributed by atoms with Crippen LogP contribution in [-0.2, 0) is 0 Å². The van der Waals surface area contributed by atoms with Crippen LogP contribution in [-0.4, -0.2) is 15.3 Å². The van der Waals surface area contributed by atoms with Crippen LogP contribution in [0, 0.1) is 0 Å². The quantitative estimate of drug-likeness (QED) is 0.819. The Morgan fingerprint density at radius 2 is 1.86 bits per heavy atom. The molecule has 0 saturated heterocycles. The standard InChI is InChI=1S/C8H4Cl2N2O2/c9-5-1-4(2-6(10)7(5)13)8-12-11-3-14-8/h1-3,13H. The van der Waals surface area contributed by atoms with Crippen LogP contribution in [0.25, 0.3) is 11.5 Å². The Bertz CT molecular complexity index is 433. The van der Waals surface area contributed by atoms with E-state index >= 15 is 0 Å². The first-order valence-corrected chi connectivity index (χ1v) is 4.38. The lowest BCUT2D eigenvalue weighted by Crippen LogP contribution is -1.80. The Labute approximate surface area is 89.1 Å². The normalized spacial score (nSPS) is 10.4. The fourth-order valence-corrected chi connectivity index (χ4v) is 1.47. The molecule has 0 fully saturated rings. The van der Waals surface area contributed by atoms with E-state index < -0.39 is 0 Å². The molecule has 0 amide bonds. The van der Waals surface area contributed by atoms with Crippen molar-refractivity contribution in [3.63, 3.8) is 0 Å². The van der Waals surface area contributed by atoms with Gasteiger partial charge in [0.25, 0.3) is 0 Å². The van der Waals surface area contributed by atoms with Crippen molar-refractivity contribution in [2.45, 2.75) is 0 Å². The van der Waals surface area contributed by atoms with Gasteiger partial charge in [0.05, 0.1) is 10.0 Å².